The second-order valence-electron chi connectivity index (χ2n) is 5.47. The van der Waals surface area contributed by atoms with Gasteiger partial charge in [-0.25, -0.2) is 14.5 Å². The molecule has 0 radical (unpaired) electrons. The van der Waals surface area contributed by atoms with Crippen molar-refractivity contribution < 1.29 is 19.1 Å². The Morgan fingerprint density at radius 2 is 2.00 bits per heavy atom. The van der Waals surface area contributed by atoms with E-state index in [0.717, 1.165) is 4.90 Å². The molecule has 94 valence electrons. The Morgan fingerprint density at radius 1 is 1.41 bits per heavy atom. The maximum atomic E-state index is 12.0. The Labute approximate surface area is 100 Å². The standard InChI is InChI=1S/C12H17NO4/c1-11(2,3)17-10(15)13-9(14)16-8-12(13)6-4-5-7-12/h4-5H,6-8H2,1-3H3. The molecule has 0 aromatic carbocycles. The van der Waals surface area contributed by atoms with Gasteiger partial charge in [0, 0.05) is 0 Å². The summed E-state index contributed by atoms with van der Waals surface area (Å²) in [6.45, 7) is 5.56. The van der Waals surface area contributed by atoms with Gasteiger partial charge in [-0.3, -0.25) is 0 Å². The Morgan fingerprint density at radius 3 is 2.53 bits per heavy atom. The topological polar surface area (TPSA) is 55.8 Å². The number of carbonyl (C=O) groups is 2. The number of ether oxygens (including phenoxy) is 2. The lowest BCUT2D eigenvalue weighted by Crippen LogP contribution is -2.50. The van der Waals surface area contributed by atoms with Crippen LogP contribution in [0.3, 0.4) is 0 Å². The number of carbonyl (C=O) groups excluding carboxylic acids is 2. The van der Waals surface area contributed by atoms with Gasteiger partial charge in [0.05, 0.1) is 5.54 Å². The smallest absolute Gasteiger partial charge is 0.420 e. The fraction of sp³-hybridized carbons (Fsp3) is 0.667. The fourth-order valence-corrected chi connectivity index (χ4v) is 2.08. The Hall–Kier alpha value is -1.52. The van der Waals surface area contributed by atoms with Crippen LogP contribution in [0.2, 0.25) is 0 Å². The minimum Gasteiger partial charge on any atom is -0.446 e. The minimum absolute atomic E-state index is 0.248. The number of cyclic esters (lactones) is 1. The molecule has 1 saturated heterocycles. The Bertz CT molecular complexity index is 372. The quantitative estimate of drug-likeness (QED) is 0.609. The molecule has 0 unspecified atom stereocenters. The summed E-state index contributed by atoms with van der Waals surface area (Å²) in [6, 6.07) is 0. The first-order chi connectivity index (χ1) is 7.84. The number of nitrogens with zero attached hydrogens (tertiary/aromatic N) is 1. The molecule has 17 heavy (non-hydrogen) atoms. The van der Waals surface area contributed by atoms with Gasteiger partial charge in [-0.2, -0.15) is 0 Å². The van der Waals surface area contributed by atoms with Crippen molar-refractivity contribution in [2.45, 2.75) is 44.8 Å². The monoisotopic (exact) mass is 239 g/mol. The van der Waals surface area contributed by atoms with Crippen LogP contribution in [0.15, 0.2) is 12.2 Å². The predicted molar refractivity (Wildman–Crippen MR) is 60.5 cm³/mol. The summed E-state index contributed by atoms with van der Waals surface area (Å²) in [5.41, 5.74) is -1.17. The summed E-state index contributed by atoms with van der Waals surface area (Å²) >= 11 is 0. The summed E-state index contributed by atoms with van der Waals surface area (Å²) in [5, 5.41) is 0. The summed E-state index contributed by atoms with van der Waals surface area (Å²) in [6.07, 6.45) is 3.96. The highest BCUT2D eigenvalue weighted by Gasteiger charge is 2.52. The van der Waals surface area contributed by atoms with E-state index in [-0.39, 0.29) is 6.61 Å². The van der Waals surface area contributed by atoms with Crippen LogP contribution < -0.4 is 0 Å². The molecule has 5 nitrogen and oxygen atoms in total. The molecule has 1 spiro atoms. The molecule has 2 amide bonds. The number of hydrogen-bond donors (Lipinski definition) is 0. The largest absolute Gasteiger partial charge is 0.446 e. The maximum absolute atomic E-state index is 12.0. The van der Waals surface area contributed by atoms with Gasteiger partial charge in [-0.15, -0.1) is 0 Å². The van der Waals surface area contributed by atoms with Gasteiger partial charge in [-0.1, -0.05) is 12.2 Å². The van der Waals surface area contributed by atoms with E-state index in [1.807, 2.05) is 12.2 Å². The first kappa shape index (κ1) is 12.0. The Kier molecular flexibility index (Phi) is 2.64. The molecule has 5 heteroatoms. The molecule has 0 aromatic rings. The molecule has 1 heterocycles. The number of hydrogen-bond acceptors (Lipinski definition) is 4. The molecule has 1 aliphatic carbocycles. The molecule has 0 N–H and O–H groups in total. The average Bonchev–Trinajstić information content (AvgIpc) is 2.73. The van der Waals surface area contributed by atoms with Crippen LogP contribution in [0.1, 0.15) is 33.6 Å². The molecule has 0 saturated carbocycles. The number of imide groups is 1. The van der Waals surface area contributed by atoms with E-state index in [4.69, 9.17) is 9.47 Å². The van der Waals surface area contributed by atoms with Gasteiger partial charge in [0.1, 0.15) is 12.2 Å². The van der Waals surface area contributed by atoms with Gasteiger partial charge in [-0.05, 0) is 33.6 Å². The maximum Gasteiger partial charge on any atom is 0.420 e. The van der Waals surface area contributed by atoms with Gasteiger partial charge in [0.25, 0.3) is 0 Å². The molecule has 1 fully saturated rings. The van der Waals surface area contributed by atoms with Crippen molar-refractivity contribution in [3.05, 3.63) is 12.2 Å². The molecular weight excluding hydrogens is 222 g/mol. The van der Waals surface area contributed by atoms with E-state index in [9.17, 15) is 9.59 Å². The second-order valence-corrected chi connectivity index (χ2v) is 5.47. The van der Waals surface area contributed by atoms with Gasteiger partial charge >= 0.3 is 12.2 Å². The van der Waals surface area contributed by atoms with Crippen LogP contribution in [0.5, 0.6) is 0 Å². The van der Waals surface area contributed by atoms with Crippen molar-refractivity contribution >= 4 is 12.2 Å². The van der Waals surface area contributed by atoms with Crippen molar-refractivity contribution in [1.29, 1.82) is 0 Å². The minimum atomic E-state index is -0.622. The van der Waals surface area contributed by atoms with Gasteiger partial charge in [0.2, 0.25) is 0 Å². The normalized spacial score (nSPS) is 22.1. The number of rotatable bonds is 0. The molecule has 2 rings (SSSR count). The third-order valence-electron chi connectivity index (χ3n) is 2.86. The van der Waals surface area contributed by atoms with Crippen molar-refractivity contribution in [2.75, 3.05) is 6.61 Å². The first-order valence-corrected chi connectivity index (χ1v) is 5.69. The lowest BCUT2D eigenvalue weighted by Gasteiger charge is -2.31. The van der Waals surface area contributed by atoms with Crippen molar-refractivity contribution in [1.82, 2.24) is 4.90 Å². The number of amides is 2. The fourth-order valence-electron chi connectivity index (χ4n) is 2.08. The molecular formula is C12H17NO4. The van der Waals surface area contributed by atoms with E-state index >= 15 is 0 Å². The van der Waals surface area contributed by atoms with Crippen LogP contribution in [-0.2, 0) is 9.47 Å². The van der Waals surface area contributed by atoms with E-state index in [0.29, 0.717) is 12.8 Å². The van der Waals surface area contributed by atoms with E-state index in [1.54, 1.807) is 20.8 Å². The summed E-state index contributed by atoms with van der Waals surface area (Å²) < 4.78 is 10.2. The van der Waals surface area contributed by atoms with Crippen molar-refractivity contribution in [3.8, 4) is 0 Å². The molecule has 1 aliphatic heterocycles. The van der Waals surface area contributed by atoms with Crippen LogP contribution in [0.25, 0.3) is 0 Å². The summed E-state index contributed by atoms with van der Waals surface area (Å²) in [5.74, 6) is 0. The van der Waals surface area contributed by atoms with E-state index < -0.39 is 23.3 Å². The zero-order chi connectivity index (χ0) is 12.7. The lowest BCUT2D eigenvalue weighted by atomic mass is 9.97. The average molecular weight is 239 g/mol. The highest BCUT2D eigenvalue weighted by atomic mass is 16.6. The van der Waals surface area contributed by atoms with Crippen LogP contribution in [0.4, 0.5) is 9.59 Å². The third kappa shape index (κ3) is 2.14. The Balaban J connectivity index is 2.17. The lowest BCUT2D eigenvalue weighted by molar-refractivity contribution is 0.0200. The first-order valence-electron chi connectivity index (χ1n) is 5.69. The zero-order valence-electron chi connectivity index (χ0n) is 10.4. The molecule has 0 bridgehead atoms. The van der Waals surface area contributed by atoms with Crippen molar-refractivity contribution in [3.63, 3.8) is 0 Å². The van der Waals surface area contributed by atoms with E-state index in [1.165, 1.54) is 0 Å². The third-order valence-corrected chi connectivity index (χ3v) is 2.86. The van der Waals surface area contributed by atoms with Crippen LogP contribution in [0, 0.1) is 0 Å². The van der Waals surface area contributed by atoms with Crippen LogP contribution in [-0.4, -0.2) is 34.8 Å². The summed E-state index contributed by atoms with van der Waals surface area (Å²) in [4.78, 5) is 24.8. The molecule has 2 aliphatic rings. The second kappa shape index (κ2) is 3.75. The molecule has 0 atom stereocenters. The van der Waals surface area contributed by atoms with Gasteiger partial charge < -0.3 is 9.47 Å². The molecule has 0 aromatic heterocycles. The zero-order valence-corrected chi connectivity index (χ0v) is 10.4. The SMILES string of the molecule is CC(C)(C)OC(=O)N1C(=O)OCC12CC=CC2. The van der Waals surface area contributed by atoms with E-state index in [2.05, 4.69) is 0 Å². The predicted octanol–water partition coefficient (Wildman–Crippen LogP) is 2.46. The highest BCUT2D eigenvalue weighted by Crippen LogP contribution is 2.36. The summed E-state index contributed by atoms with van der Waals surface area (Å²) in [7, 11) is 0. The highest BCUT2D eigenvalue weighted by molar-refractivity contribution is 5.90. The van der Waals surface area contributed by atoms with Gasteiger partial charge in [0.15, 0.2) is 0 Å². The van der Waals surface area contributed by atoms with Crippen LogP contribution >= 0.6 is 0 Å². The van der Waals surface area contributed by atoms with Crippen molar-refractivity contribution in [2.24, 2.45) is 0 Å².